The average molecular weight is 455 g/mol. The van der Waals surface area contributed by atoms with Crippen LogP contribution in [0.15, 0.2) is 33.5 Å². The predicted octanol–water partition coefficient (Wildman–Crippen LogP) is 8.67. The van der Waals surface area contributed by atoms with Gasteiger partial charge in [-0.05, 0) is 18.6 Å². The van der Waals surface area contributed by atoms with Gasteiger partial charge in [0.1, 0.15) is 11.3 Å². The molecule has 0 aliphatic rings. The summed E-state index contributed by atoms with van der Waals surface area (Å²) in [6.07, 6.45) is 13.2. The summed E-state index contributed by atoms with van der Waals surface area (Å²) in [5.74, 6) is 0.412. The number of ether oxygens (including phenoxy) is 1. The molecule has 1 aromatic carbocycles. The van der Waals surface area contributed by atoms with Gasteiger partial charge in [0.25, 0.3) is 0 Å². The van der Waals surface area contributed by atoms with Gasteiger partial charge in [0.05, 0.1) is 12.2 Å². The van der Waals surface area contributed by atoms with Gasteiger partial charge in [0.2, 0.25) is 0 Å². The number of alkyl halides is 3. The van der Waals surface area contributed by atoms with E-state index in [1.807, 2.05) is 0 Å². The van der Waals surface area contributed by atoms with Crippen LogP contribution in [0.5, 0.6) is 5.75 Å². The minimum absolute atomic E-state index is 0.108. The van der Waals surface area contributed by atoms with Crippen molar-refractivity contribution in [2.45, 2.75) is 103 Å². The SMILES string of the molecule is CCCCCCCCCCCCCCCCOc1ccc2c(C(F)(F)F)cc(=O)oc2c1. The van der Waals surface area contributed by atoms with E-state index in [4.69, 9.17) is 9.15 Å². The summed E-state index contributed by atoms with van der Waals surface area (Å²) in [5, 5.41) is -0.138. The topological polar surface area (TPSA) is 39.4 Å². The lowest BCUT2D eigenvalue weighted by Gasteiger charge is -2.11. The Kier molecular flexibility index (Phi) is 11.7. The number of hydrogen-bond donors (Lipinski definition) is 0. The summed E-state index contributed by atoms with van der Waals surface area (Å²) in [6, 6.07) is 4.62. The number of halogens is 3. The number of fused-ring (bicyclic) bond motifs is 1. The van der Waals surface area contributed by atoms with Crippen molar-refractivity contribution < 1.29 is 22.3 Å². The Balaban J connectivity index is 1.56. The normalized spacial score (nSPS) is 11.9. The van der Waals surface area contributed by atoms with E-state index in [2.05, 4.69) is 6.92 Å². The van der Waals surface area contributed by atoms with E-state index in [0.717, 1.165) is 12.8 Å². The molecule has 6 heteroatoms. The first-order valence-electron chi connectivity index (χ1n) is 12.2. The second-order valence-electron chi connectivity index (χ2n) is 8.58. The van der Waals surface area contributed by atoms with Crippen LogP contribution in [0.1, 0.15) is 102 Å². The second-order valence-corrected chi connectivity index (χ2v) is 8.58. The van der Waals surface area contributed by atoms with Gasteiger partial charge >= 0.3 is 11.8 Å². The number of hydrogen-bond acceptors (Lipinski definition) is 3. The smallest absolute Gasteiger partial charge is 0.417 e. The van der Waals surface area contributed by atoms with E-state index in [-0.39, 0.29) is 11.0 Å². The van der Waals surface area contributed by atoms with Crippen molar-refractivity contribution in [2.24, 2.45) is 0 Å². The quantitative estimate of drug-likeness (QED) is 0.188. The largest absolute Gasteiger partial charge is 0.493 e. The zero-order valence-electron chi connectivity index (χ0n) is 19.3. The molecule has 0 unspecified atom stereocenters. The second kappa shape index (κ2) is 14.2. The molecule has 0 aliphatic carbocycles. The van der Waals surface area contributed by atoms with Crippen LogP contribution in [0.25, 0.3) is 11.0 Å². The molecular weight excluding hydrogens is 417 g/mol. The number of rotatable bonds is 16. The fourth-order valence-electron chi connectivity index (χ4n) is 3.95. The van der Waals surface area contributed by atoms with E-state index in [1.165, 1.54) is 95.2 Å². The van der Waals surface area contributed by atoms with Crippen LogP contribution in [-0.2, 0) is 6.18 Å². The minimum Gasteiger partial charge on any atom is -0.493 e. The van der Waals surface area contributed by atoms with Gasteiger partial charge < -0.3 is 9.15 Å². The maximum absolute atomic E-state index is 13.1. The fraction of sp³-hybridized carbons (Fsp3) is 0.654. The van der Waals surface area contributed by atoms with Gasteiger partial charge in [-0.3, -0.25) is 0 Å². The standard InChI is InChI=1S/C26H37F3O3/c1-2-3-4-5-6-7-8-9-10-11-12-13-14-15-18-31-21-16-17-22-23(26(27,28)29)20-25(30)32-24(22)19-21/h16-17,19-20H,2-15,18H2,1H3. The Morgan fingerprint density at radius 3 is 1.84 bits per heavy atom. The molecule has 0 aliphatic heterocycles. The van der Waals surface area contributed by atoms with E-state index < -0.39 is 17.4 Å². The van der Waals surface area contributed by atoms with Gasteiger partial charge in [-0.15, -0.1) is 0 Å². The highest BCUT2D eigenvalue weighted by atomic mass is 19.4. The molecule has 0 fully saturated rings. The highest BCUT2D eigenvalue weighted by molar-refractivity contribution is 5.82. The van der Waals surface area contributed by atoms with E-state index >= 15 is 0 Å². The lowest BCUT2D eigenvalue weighted by Crippen LogP contribution is -2.11. The van der Waals surface area contributed by atoms with E-state index in [9.17, 15) is 18.0 Å². The van der Waals surface area contributed by atoms with Crippen LogP contribution >= 0.6 is 0 Å². The molecule has 0 N–H and O–H groups in total. The summed E-state index contributed by atoms with van der Waals surface area (Å²) in [4.78, 5) is 11.5. The Hall–Kier alpha value is -1.98. The minimum atomic E-state index is -4.61. The zero-order chi connectivity index (χ0) is 23.2. The molecule has 180 valence electrons. The van der Waals surface area contributed by atoms with Crippen LogP contribution in [0, 0.1) is 0 Å². The summed E-state index contributed by atoms with van der Waals surface area (Å²) in [7, 11) is 0. The Morgan fingerprint density at radius 1 is 0.781 bits per heavy atom. The van der Waals surface area contributed by atoms with Crippen LogP contribution in [0.4, 0.5) is 13.2 Å². The number of unbranched alkanes of at least 4 members (excludes halogenated alkanes) is 13. The zero-order valence-corrected chi connectivity index (χ0v) is 19.3. The van der Waals surface area contributed by atoms with Crippen molar-refractivity contribution in [3.05, 3.63) is 40.2 Å². The van der Waals surface area contributed by atoms with Crippen molar-refractivity contribution in [3.8, 4) is 5.75 Å². The molecule has 0 saturated carbocycles. The molecule has 32 heavy (non-hydrogen) atoms. The Bertz CT molecular complexity index is 842. The molecule has 1 heterocycles. The number of benzene rings is 1. The molecule has 0 atom stereocenters. The van der Waals surface area contributed by atoms with Gasteiger partial charge in [-0.25, -0.2) is 4.79 Å². The molecule has 0 amide bonds. The van der Waals surface area contributed by atoms with E-state index in [1.54, 1.807) is 0 Å². The first-order chi connectivity index (χ1) is 15.4. The van der Waals surface area contributed by atoms with Gasteiger partial charge in [-0.1, -0.05) is 90.4 Å². The molecular formula is C26H37F3O3. The third kappa shape index (κ3) is 9.66. The van der Waals surface area contributed by atoms with Crippen LogP contribution in [-0.4, -0.2) is 6.61 Å². The lowest BCUT2D eigenvalue weighted by molar-refractivity contribution is -0.136. The average Bonchev–Trinajstić information content (AvgIpc) is 2.75. The van der Waals surface area contributed by atoms with Crippen molar-refractivity contribution in [1.82, 2.24) is 0 Å². The fourth-order valence-corrected chi connectivity index (χ4v) is 3.95. The van der Waals surface area contributed by atoms with Crippen molar-refractivity contribution in [2.75, 3.05) is 6.61 Å². The summed E-state index contributed by atoms with van der Waals surface area (Å²) in [6.45, 7) is 2.74. The first kappa shape index (κ1) is 26.3. The third-order valence-electron chi connectivity index (χ3n) is 5.79. The van der Waals surface area contributed by atoms with E-state index in [0.29, 0.717) is 18.4 Å². The maximum atomic E-state index is 13.1. The molecule has 0 bridgehead atoms. The molecule has 3 nitrogen and oxygen atoms in total. The highest BCUT2D eigenvalue weighted by Gasteiger charge is 2.33. The molecule has 2 aromatic rings. The maximum Gasteiger partial charge on any atom is 0.417 e. The first-order valence-corrected chi connectivity index (χ1v) is 12.2. The van der Waals surface area contributed by atoms with Gasteiger partial charge in [0.15, 0.2) is 0 Å². The predicted molar refractivity (Wildman–Crippen MR) is 123 cm³/mol. The van der Waals surface area contributed by atoms with Gasteiger partial charge in [-0.2, -0.15) is 13.2 Å². The summed E-state index contributed by atoms with van der Waals surface area (Å²) < 4.78 is 49.9. The lowest BCUT2D eigenvalue weighted by atomic mass is 10.0. The summed E-state index contributed by atoms with van der Waals surface area (Å²) in [5.41, 5.74) is -2.11. The van der Waals surface area contributed by atoms with Crippen molar-refractivity contribution >= 4 is 11.0 Å². The Labute approximate surface area is 189 Å². The van der Waals surface area contributed by atoms with Crippen molar-refractivity contribution in [3.63, 3.8) is 0 Å². The van der Waals surface area contributed by atoms with Crippen molar-refractivity contribution in [1.29, 1.82) is 0 Å². The Morgan fingerprint density at radius 2 is 1.31 bits per heavy atom. The van der Waals surface area contributed by atoms with Crippen LogP contribution in [0.3, 0.4) is 0 Å². The highest BCUT2D eigenvalue weighted by Crippen LogP contribution is 2.34. The van der Waals surface area contributed by atoms with Crippen LogP contribution in [0.2, 0.25) is 0 Å². The molecule has 0 radical (unpaired) electrons. The third-order valence-corrected chi connectivity index (χ3v) is 5.79. The molecule has 1 aromatic heterocycles. The van der Waals surface area contributed by atoms with Crippen LogP contribution < -0.4 is 10.4 Å². The summed E-state index contributed by atoms with van der Waals surface area (Å²) >= 11 is 0. The molecule has 0 spiro atoms. The monoisotopic (exact) mass is 454 g/mol. The molecule has 2 rings (SSSR count). The van der Waals surface area contributed by atoms with Gasteiger partial charge in [0, 0.05) is 17.5 Å². The molecule has 0 saturated heterocycles.